The lowest BCUT2D eigenvalue weighted by Gasteiger charge is -2.36. The number of halogens is 4. The van der Waals surface area contributed by atoms with Gasteiger partial charge in [-0.25, -0.2) is 0 Å². The van der Waals surface area contributed by atoms with Crippen LogP contribution in [0.25, 0.3) is 11.3 Å². The van der Waals surface area contributed by atoms with E-state index in [4.69, 9.17) is 16.1 Å². The number of amides is 1. The smallest absolute Gasteiger partial charge is 0.368 e. The molecule has 162 valence electrons. The van der Waals surface area contributed by atoms with Crippen LogP contribution in [0, 0.1) is 6.92 Å². The Balaban J connectivity index is 1.51. The largest absolute Gasteiger partial charge is 0.416 e. The van der Waals surface area contributed by atoms with Crippen molar-refractivity contribution in [3.05, 3.63) is 70.4 Å². The van der Waals surface area contributed by atoms with Crippen molar-refractivity contribution in [2.24, 2.45) is 0 Å². The van der Waals surface area contributed by atoms with Gasteiger partial charge in [-0.2, -0.15) is 13.2 Å². The Bertz CT molecular complexity index is 1110. The van der Waals surface area contributed by atoms with E-state index in [9.17, 15) is 18.0 Å². The monoisotopic (exact) mass is 449 g/mol. The first-order valence-corrected chi connectivity index (χ1v) is 10.1. The van der Waals surface area contributed by atoms with Gasteiger partial charge >= 0.3 is 6.18 Å². The molecule has 1 saturated heterocycles. The number of aromatic nitrogens is 1. The fourth-order valence-electron chi connectivity index (χ4n) is 3.67. The summed E-state index contributed by atoms with van der Waals surface area (Å²) in [6.07, 6.45) is -4.39. The summed E-state index contributed by atoms with van der Waals surface area (Å²) in [5.74, 6) is 0.151. The van der Waals surface area contributed by atoms with Crippen LogP contribution in [0.3, 0.4) is 0 Å². The molecule has 1 aromatic heterocycles. The molecule has 1 aliphatic rings. The Morgan fingerprint density at radius 1 is 1.06 bits per heavy atom. The fraction of sp³-hybridized carbons (Fsp3) is 0.273. The van der Waals surface area contributed by atoms with Crippen molar-refractivity contribution in [3.63, 3.8) is 0 Å². The topological polar surface area (TPSA) is 49.6 Å². The summed E-state index contributed by atoms with van der Waals surface area (Å²) in [4.78, 5) is 16.7. The van der Waals surface area contributed by atoms with Gasteiger partial charge in [-0.3, -0.25) is 4.79 Å². The van der Waals surface area contributed by atoms with Crippen LogP contribution in [0.4, 0.5) is 18.9 Å². The summed E-state index contributed by atoms with van der Waals surface area (Å²) in [5.41, 5.74) is 1.13. The minimum Gasteiger partial charge on any atom is -0.368 e. The van der Waals surface area contributed by atoms with Crippen LogP contribution in [-0.2, 0) is 6.18 Å². The Labute approximate surface area is 182 Å². The Hall–Kier alpha value is -3.00. The number of rotatable bonds is 3. The standard InChI is InChI=1S/C22H19ClF3N3O2/c1-14-19(20(27-31-14)17-7-2-3-8-18(17)23)21(30)29-11-9-28(10-12-29)16-6-4-5-15(13-16)22(24,25)26/h2-8,13H,9-12H2,1H3. The van der Waals surface area contributed by atoms with Crippen molar-refractivity contribution < 1.29 is 22.5 Å². The number of aryl methyl sites for hydroxylation is 1. The van der Waals surface area contributed by atoms with Crippen molar-refractivity contribution >= 4 is 23.2 Å². The van der Waals surface area contributed by atoms with Crippen molar-refractivity contribution in [1.82, 2.24) is 10.1 Å². The molecule has 2 aromatic carbocycles. The molecule has 31 heavy (non-hydrogen) atoms. The molecule has 9 heteroatoms. The minimum absolute atomic E-state index is 0.239. The Morgan fingerprint density at radius 3 is 2.45 bits per heavy atom. The van der Waals surface area contributed by atoms with Gasteiger partial charge in [0.25, 0.3) is 5.91 Å². The average Bonchev–Trinajstić information content (AvgIpc) is 3.14. The molecule has 0 unspecified atom stereocenters. The van der Waals surface area contributed by atoms with E-state index in [0.717, 1.165) is 12.1 Å². The lowest BCUT2D eigenvalue weighted by Crippen LogP contribution is -2.49. The minimum atomic E-state index is -4.39. The van der Waals surface area contributed by atoms with Gasteiger partial charge in [0.15, 0.2) is 0 Å². The van der Waals surface area contributed by atoms with Crippen LogP contribution in [-0.4, -0.2) is 42.1 Å². The highest BCUT2D eigenvalue weighted by Crippen LogP contribution is 2.33. The fourth-order valence-corrected chi connectivity index (χ4v) is 3.89. The van der Waals surface area contributed by atoms with Gasteiger partial charge in [0.2, 0.25) is 0 Å². The van der Waals surface area contributed by atoms with Crippen LogP contribution in [0.1, 0.15) is 21.7 Å². The SMILES string of the molecule is Cc1onc(-c2ccccc2Cl)c1C(=O)N1CCN(c2cccc(C(F)(F)F)c2)CC1. The highest BCUT2D eigenvalue weighted by molar-refractivity contribution is 6.33. The number of piperazine rings is 1. The zero-order valence-electron chi connectivity index (χ0n) is 16.6. The van der Waals surface area contributed by atoms with Crippen LogP contribution in [0.15, 0.2) is 53.1 Å². The quantitative estimate of drug-likeness (QED) is 0.545. The molecule has 0 N–H and O–H groups in total. The number of hydrogen-bond donors (Lipinski definition) is 0. The van der Waals surface area contributed by atoms with E-state index in [0.29, 0.717) is 59.5 Å². The van der Waals surface area contributed by atoms with E-state index < -0.39 is 11.7 Å². The van der Waals surface area contributed by atoms with Crippen LogP contribution in [0.2, 0.25) is 5.02 Å². The second-order valence-electron chi connectivity index (χ2n) is 7.27. The second kappa shape index (κ2) is 8.26. The van der Waals surface area contributed by atoms with E-state index in [1.165, 1.54) is 6.07 Å². The van der Waals surface area contributed by atoms with Gasteiger partial charge < -0.3 is 14.3 Å². The number of carbonyl (C=O) groups excluding carboxylic acids is 1. The molecule has 1 aliphatic heterocycles. The maximum atomic E-state index is 13.2. The average molecular weight is 450 g/mol. The Kier molecular flexibility index (Phi) is 5.66. The zero-order chi connectivity index (χ0) is 22.2. The summed E-state index contributed by atoms with van der Waals surface area (Å²) in [5, 5.41) is 4.49. The first kappa shape index (κ1) is 21.2. The Morgan fingerprint density at radius 2 is 1.77 bits per heavy atom. The molecular weight excluding hydrogens is 431 g/mol. The van der Waals surface area contributed by atoms with Crippen LogP contribution >= 0.6 is 11.6 Å². The number of nitrogens with zero attached hydrogens (tertiary/aromatic N) is 3. The van der Waals surface area contributed by atoms with Crippen molar-refractivity contribution in [3.8, 4) is 11.3 Å². The van der Waals surface area contributed by atoms with Crippen molar-refractivity contribution in [1.29, 1.82) is 0 Å². The van der Waals surface area contributed by atoms with Gasteiger partial charge in [-0.15, -0.1) is 0 Å². The lowest BCUT2D eigenvalue weighted by atomic mass is 10.0. The molecule has 0 radical (unpaired) electrons. The summed E-state index contributed by atoms with van der Waals surface area (Å²) in [7, 11) is 0. The van der Waals surface area contributed by atoms with E-state index in [-0.39, 0.29) is 5.91 Å². The van der Waals surface area contributed by atoms with Crippen molar-refractivity contribution in [2.45, 2.75) is 13.1 Å². The third-order valence-electron chi connectivity index (χ3n) is 5.31. The molecular formula is C22H19ClF3N3O2. The molecule has 0 bridgehead atoms. The molecule has 3 aromatic rings. The first-order chi connectivity index (χ1) is 14.8. The van der Waals surface area contributed by atoms with E-state index in [1.54, 1.807) is 42.2 Å². The van der Waals surface area contributed by atoms with Gasteiger partial charge in [0.1, 0.15) is 17.0 Å². The normalized spacial score (nSPS) is 14.7. The van der Waals surface area contributed by atoms with Gasteiger partial charge in [0.05, 0.1) is 10.6 Å². The summed E-state index contributed by atoms with van der Waals surface area (Å²) in [6, 6.07) is 12.3. The third kappa shape index (κ3) is 4.25. The van der Waals surface area contributed by atoms with E-state index in [1.807, 2.05) is 4.90 Å². The van der Waals surface area contributed by atoms with Gasteiger partial charge in [-0.1, -0.05) is 41.0 Å². The summed E-state index contributed by atoms with van der Waals surface area (Å²) in [6.45, 7) is 3.22. The maximum Gasteiger partial charge on any atom is 0.416 e. The number of carbonyl (C=O) groups is 1. The highest BCUT2D eigenvalue weighted by atomic mass is 35.5. The third-order valence-corrected chi connectivity index (χ3v) is 5.64. The second-order valence-corrected chi connectivity index (χ2v) is 7.68. The predicted octanol–water partition coefficient (Wildman–Crippen LogP) is 5.28. The molecule has 0 aliphatic carbocycles. The molecule has 1 fully saturated rings. The molecule has 1 amide bonds. The van der Waals surface area contributed by atoms with Crippen molar-refractivity contribution in [2.75, 3.05) is 31.1 Å². The van der Waals surface area contributed by atoms with E-state index in [2.05, 4.69) is 5.16 Å². The number of alkyl halides is 3. The maximum absolute atomic E-state index is 13.2. The van der Waals surface area contributed by atoms with E-state index >= 15 is 0 Å². The lowest BCUT2D eigenvalue weighted by molar-refractivity contribution is -0.137. The zero-order valence-corrected chi connectivity index (χ0v) is 17.4. The number of anilines is 1. The molecule has 4 rings (SSSR count). The summed E-state index contributed by atoms with van der Waals surface area (Å²) >= 11 is 6.27. The molecule has 0 atom stereocenters. The molecule has 0 spiro atoms. The van der Waals surface area contributed by atoms with Crippen LogP contribution in [0.5, 0.6) is 0 Å². The number of hydrogen-bond acceptors (Lipinski definition) is 4. The first-order valence-electron chi connectivity index (χ1n) is 9.68. The highest BCUT2D eigenvalue weighted by Gasteiger charge is 2.32. The van der Waals surface area contributed by atoms with Crippen LogP contribution < -0.4 is 4.90 Å². The molecule has 0 saturated carbocycles. The van der Waals surface area contributed by atoms with Gasteiger partial charge in [0, 0.05) is 37.4 Å². The molecule has 5 nitrogen and oxygen atoms in total. The molecule has 2 heterocycles. The summed E-state index contributed by atoms with van der Waals surface area (Å²) < 4.78 is 44.3. The predicted molar refractivity (Wildman–Crippen MR) is 111 cm³/mol. The number of benzene rings is 2. The van der Waals surface area contributed by atoms with Gasteiger partial charge in [-0.05, 0) is 31.2 Å².